The van der Waals surface area contributed by atoms with Crippen LogP contribution in [-0.2, 0) is 11.3 Å². The summed E-state index contributed by atoms with van der Waals surface area (Å²) in [5, 5.41) is 0. The number of hydrogen-bond donors (Lipinski definition) is 1. The fraction of sp³-hybridized carbons (Fsp3) is 0.286. The first-order valence-electron chi connectivity index (χ1n) is 5.79. The highest BCUT2D eigenvalue weighted by molar-refractivity contribution is 5.77. The number of nitrogen functional groups attached to an aromatic ring is 1. The number of hydrogen-bond acceptors (Lipinski definition) is 5. The molecule has 19 heavy (non-hydrogen) atoms. The van der Waals surface area contributed by atoms with Gasteiger partial charge in [0.05, 0.1) is 14.2 Å². The summed E-state index contributed by atoms with van der Waals surface area (Å²) in [4.78, 5) is 0. The summed E-state index contributed by atoms with van der Waals surface area (Å²) in [6.45, 7) is 0.424. The van der Waals surface area contributed by atoms with Crippen LogP contribution in [0.15, 0.2) is 28.7 Å². The van der Waals surface area contributed by atoms with Crippen LogP contribution in [0.3, 0.4) is 0 Å². The Morgan fingerprint density at radius 3 is 2.37 bits per heavy atom. The molecule has 0 spiro atoms. The van der Waals surface area contributed by atoms with Crippen LogP contribution < -0.4 is 15.2 Å². The van der Waals surface area contributed by atoms with E-state index in [1.807, 2.05) is 12.1 Å². The topological polar surface area (TPSA) is 66.8 Å². The molecule has 1 heterocycles. The summed E-state index contributed by atoms with van der Waals surface area (Å²) in [5.74, 6) is 2.61. The number of anilines is 1. The van der Waals surface area contributed by atoms with Gasteiger partial charge >= 0.3 is 0 Å². The van der Waals surface area contributed by atoms with Crippen LogP contribution in [0.2, 0.25) is 0 Å². The largest absolute Gasteiger partial charge is 0.493 e. The lowest BCUT2D eigenvalue weighted by Crippen LogP contribution is -1.95. The van der Waals surface area contributed by atoms with Gasteiger partial charge in [0.25, 0.3) is 0 Å². The summed E-state index contributed by atoms with van der Waals surface area (Å²) >= 11 is 0. The van der Waals surface area contributed by atoms with Crippen LogP contribution in [0.4, 0.5) is 5.69 Å². The van der Waals surface area contributed by atoms with Crippen LogP contribution in [0.25, 0.3) is 11.3 Å². The zero-order valence-electron chi connectivity index (χ0n) is 11.2. The average Bonchev–Trinajstić information content (AvgIpc) is 2.87. The Bertz CT molecular complexity index is 563. The van der Waals surface area contributed by atoms with Crippen LogP contribution in [0, 0.1) is 0 Å². The molecule has 0 saturated heterocycles. The lowest BCUT2D eigenvalue weighted by molar-refractivity contribution is 0.165. The molecule has 0 saturated carbocycles. The molecule has 102 valence electrons. The van der Waals surface area contributed by atoms with E-state index in [4.69, 9.17) is 24.4 Å². The highest BCUT2D eigenvalue weighted by Crippen LogP contribution is 2.37. The maximum atomic E-state index is 6.01. The number of benzene rings is 1. The number of ether oxygens (including phenoxy) is 3. The van der Waals surface area contributed by atoms with E-state index in [-0.39, 0.29) is 0 Å². The first kappa shape index (κ1) is 13.3. The number of nitrogens with two attached hydrogens (primary N) is 1. The summed E-state index contributed by atoms with van der Waals surface area (Å²) in [6, 6.07) is 7.22. The van der Waals surface area contributed by atoms with Crippen molar-refractivity contribution in [3.05, 3.63) is 30.0 Å². The van der Waals surface area contributed by atoms with Gasteiger partial charge in [0.15, 0.2) is 11.5 Å². The minimum absolute atomic E-state index is 0.424. The SMILES string of the molecule is COCc1ccc(-c2cc(OC)c(OC)cc2N)o1. The van der Waals surface area contributed by atoms with Crippen molar-refractivity contribution < 1.29 is 18.6 Å². The molecule has 5 heteroatoms. The molecule has 2 aromatic rings. The molecule has 0 amide bonds. The van der Waals surface area contributed by atoms with Crippen molar-refractivity contribution in [2.45, 2.75) is 6.61 Å². The second-order valence-electron chi connectivity index (χ2n) is 3.99. The van der Waals surface area contributed by atoms with E-state index in [1.54, 1.807) is 33.5 Å². The molecule has 1 aromatic carbocycles. The molecule has 2 rings (SSSR count). The van der Waals surface area contributed by atoms with Crippen molar-refractivity contribution in [1.82, 2.24) is 0 Å². The van der Waals surface area contributed by atoms with Crippen molar-refractivity contribution in [1.29, 1.82) is 0 Å². The number of rotatable bonds is 5. The molecule has 0 aliphatic carbocycles. The third kappa shape index (κ3) is 2.66. The molecule has 0 aliphatic heterocycles. The molecule has 2 N–H and O–H groups in total. The highest BCUT2D eigenvalue weighted by atomic mass is 16.5. The van der Waals surface area contributed by atoms with Crippen molar-refractivity contribution in [3.63, 3.8) is 0 Å². The molecule has 5 nitrogen and oxygen atoms in total. The van der Waals surface area contributed by atoms with Gasteiger partial charge < -0.3 is 24.4 Å². The molecule has 0 bridgehead atoms. The van der Waals surface area contributed by atoms with Gasteiger partial charge in [-0.25, -0.2) is 0 Å². The van der Waals surface area contributed by atoms with Crippen molar-refractivity contribution in [2.75, 3.05) is 27.1 Å². The molecule has 0 unspecified atom stereocenters. The Labute approximate surface area is 111 Å². The van der Waals surface area contributed by atoms with Gasteiger partial charge in [0.1, 0.15) is 18.1 Å². The highest BCUT2D eigenvalue weighted by Gasteiger charge is 2.13. The summed E-state index contributed by atoms with van der Waals surface area (Å²) in [5.41, 5.74) is 7.34. The molecule has 0 aliphatic rings. The molecule has 1 aromatic heterocycles. The Kier molecular flexibility index (Phi) is 3.97. The Morgan fingerprint density at radius 1 is 1.05 bits per heavy atom. The van der Waals surface area contributed by atoms with E-state index in [1.165, 1.54) is 0 Å². The van der Waals surface area contributed by atoms with Crippen LogP contribution in [-0.4, -0.2) is 21.3 Å². The minimum Gasteiger partial charge on any atom is -0.493 e. The van der Waals surface area contributed by atoms with Gasteiger partial charge in [-0.2, -0.15) is 0 Å². The Hall–Kier alpha value is -2.14. The fourth-order valence-electron chi connectivity index (χ4n) is 1.85. The fourth-order valence-corrected chi connectivity index (χ4v) is 1.85. The lowest BCUT2D eigenvalue weighted by atomic mass is 10.1. The zero-order chi connectivity index (χ0) is 13.8. The first-order chi connectivity index (χ1) is 9.19. The Morgan fingerprint density at radius 2 is 1.74 bits per heavy atom. The van der Waals surface area contributed by atoms with Crippen LogP contribution in [0.1, 0.15) is 5.76 Å². The number of methoxy groups -OCH3 is 3. The zero-order valence-corrected chi connectivity index (χ0v) is 11.2. The van der Waals surface area contributed by atoms with E-state index in [2.05, 4.69) is 0 Å². The third-order valence-corrected chi connectivity index (χ3v) is 2.77. The van der Waals surface area contributed by atoms with Crippen molar-refractivity contribution in [3.8, 4) is 22.8 Å². The minimum atomic E-state index is 0.424. The van der Waals surface area contributed by atoms with Gasteiger partial charge in [0, 0.05) is 24.4 Å². The van der Waals surface area contributed by atoms with E-state index < -0.39 is 0 Å². The second kappa shape index (κ2) is 5.67. The summed E-state index contributed by atoms with van der Waals surface area (Å²) < 4.78 is 21.1. The van der Waals surface area contributed by atoms with Gasteiger partial charge in [-0.15, -0.1) is 0 Å². The van der Waals surface area contributed by atoms with E-state index >= 15 is 0 Å². The summed E-state index contributed by atoms with van der Waals surface area (Å²) in [7, 11) is 4.77. The second-order valence-corrected chi connectivity index (χ2v) is 3.99. The monoisotopic (exact) mass is 263 g/mol. The van der Waals surface area contributed by atoms with Crippen molar-refractivity contribution in [2.24, 2.45) is 0 Å². The number of furan rings is 1. The van der Waals surface area contributed by atoms with Crippen LogP contribution >= 0.6 is 0 Å². The Balaban J connectivity index is 2.42. The van der Waals surface area contributed by atoms with E-state index in [9.17, 15) is 0 Å². The van der Waals surface area contributed by atoms with Gasteiger partial charge in [-0.3, -0.25) is 0 Å². The molecule has 0 radical (unpaired) electrons. The first-order valence-corrected chi connectivity index (χ1v) is 5.79. The smallest absolute Gasteiger partial charge is 0.162 e. The van der Waals surface area contributed by atoms with Gasteiger partial charge in [0.2, 0.25) is 0 Å². The van der Waals surface area contributed by atoms with Crippen LogP contribution in [0.5, 0.6) is 11.5 Å². The van der Waals surface area contributed by atoms with Gasteiger partial charge in [-0.05, 0) is 18.2 Å². The standard InChI is InChI=1S/C14H17NO4/c1-16-8-9-4-5-12(19-9)10-6-13(17-2)14(18-3)7-11(10)15/h4-7H,8,15H2,1-3H3. The molecule has 0 fully saturated rings. The molecule has 0 atom stereocenters. The lowest BCUT2D eigenvalue weighted by Gasteiger charge is -2.11. The average molecular weight is 263 g/mol. The van der Waals surface area contributed by atoms with E-state index in [0.717, 1.165) is 11.3 Å². The summed E-state index contributed by atoms with van der Waals surface area (Å²) in [6.07, 6.45) is 0. The molecular weight excluding hydrogens is 246 g/mol. The molecular formula is C14H17NO4. The maximum Gasteiger partial charge on any atom is 0.162 e. The van der Waals surface area contributed by atoms with E-state index in [0.29, 0.717) is 29.6 Å². The predicted molar refractivity (Wildman–Crippen MR) is 72.4 cm³/mol. The predicted octanol–water partition coefficient (Wildman–Crippen LogP) is 2.69. The van der Waals surface area contributed by atoms with Crippen molar-refractivity contribution >= 4 is 5.69 Å². The van der Waals surface area contributed by atoms with Gasteiger partial charge in [-0.1, -0.05) is 0 Å². The third-order valence-electron chi connectivity index (χ3n) is 2.77. The normalized spacial score (nSPS) is 10.5. The quantitative estimate of drug-likeness (QED) is 0.840. The maximum absolute atomic E-state index is 6.01.